The number of nitrogens with zero attached hydrogens (tertiary/aromatic N) is 3. The van der Waals surface area contributed by atoms with Gasteiger partial charge in [0, 0.05) is 30.6 Å². The van der Waals surface area contributed by atoms with Crippen molar-refractivity contribution in [3.05, 3.63) is 46.8 Å². The van der Waals surface area contributed by atoms with Crippen LogP contribution in [-0.4, -0.2) is 41.7 Å². The van der Waals surface area contributed by atoms with Gasteiger partial charge in [-0.25, -0.2) is 0 Å². The summed E-state index contributed by atoms with van der Waals surface area (Å²) < 4.78 is 11.2. The van der Waals surface area contributed by atoms with Crippen molar-refractivity contribution in [3.8, 4) is 0 Å². The molecule has 1 aliphatic heterocycles. The summed E-state index contributed by atoms with van der Waals surface area (Å²) in [5.74, 6) is 1.38. The lowest BCUT2D eigenvalue weighted by Crippen LogP contribution is -2.44. The number of fused-ring (bicyclic) bond motifs is 1. The number of benzene rings is 1. The zero-order chi connectivity index (χ0) is 16.7. The summed E-state index contributed by atoms with van der Waals surface area (Å²) in [7, 11) is 2.09. The molecule has 3 aromatic rings. The molecule has 0 amide bonds. The second-order valence-electron chi connectivity index (χ2n) is 6.62. The predicted octanol–water partition coefficient (Wildman–Crippen LogP) is 3.02. The fourth-order valence-electron chi connectivity index (χ4n) is 3.21. The number of aryl methyl sites for hydroxylation is 2. The van der Waals surface area contributed by atoms with Gasteiger partial charge in [0.2, 0.25) is 5.89 Å². The molecule has 0 spiro atoms. The van der Waals surface area contributed by atoms with E-state index in [4.69, 9.17) is 8.94 Å². The number of nitrogens with one attached hydrogen (secondary N) is 1. The molecule has 1 saturated heterocycles. The maximum Gasteiger partial charge on any atom is 0.231 e. The first-order valence-electron chi connectivity index (χ1n) is 8.32. The Labute approximate surface area is 153 Å². The molecule has 3 heterocycles. The van der Waals surface area contributed by atoms with E-state index in [1.54, 1.807) is 6.26 Å². The molecular formula is C18H23ClN4O2. The zero-order valence-corrected chi connectivity index (χ0v) is 15.5. The van der Waals surface area contributed by atoms with E-state index in [1.165, 1.54) is 11.1 Å². The molecule has 0 aliphatic carbocycles. The molecule has 0 radical (unpaired) electrons. The number of likely N-dealkylation sites (N-methyl/N-ethyl adjacent to an activating group) is 1. The Morgan fingerprint density at radius 1 is 1.28 bits per heavy atom. The molecule has 0 saturated carbocycles. The van der Waals surface area contributed by atoms with Crippen LogP contribution in [0.1, 0.15) is 34.4 Å². The van der Waals surface area contributed by atoms with Crippen LogP contribution < -0.4 is 5.32 Å². The minimum Gasteiger partial charge on any atom is -0.464 e. The molecular weight excluding hydrogens is 340 g/mol. The van der Waals surface area contributed by atoms with Crippen molar-refractivity contribution in [2.45, 2.75) is 26.3 Å². The molecule has 1 N–H and O–H groups in total. The second-order valence-corrected chi connectivity index (χ2v) is 6.62. The van der Waals surface area contributed by atoms with Gasteiger partial charge in [0.1, 0.15) is 5.58 Å². The number of rotatable bonds is 3. The van der Waals surface area contributed by atoms with E-state index < -0.39 is 0 Å². The average Bonchev–Trinajstić information content (AvgIpc) is 3.17. The van der Waals surface area contributed by atoms with Gasteiger partial charge >= 0.3 is 0 Å². The quantitative estimate of drug-likeness (QED) is 0.772. The first kappa shape index (κ1) is 17.9. The summed E-state index contributed by atoms with van der Waals surface area (Å²) in [6.07, 6.45) is 2.38. The van der Waals surface area contributed by atoms with Crippen molar-refractivity contribution in [2.75, 3.05) is 26.7 Å². The fourth-order valence-corrected chi connectivity index (χ4v) is 3.21. The van der Waals surface area contributed by atoms with E-state index in [0.29, 0.717) is 12.3 Å². The van der Waals surface area contributed by atoms with Gasteiger partial charge in [-0.3, -0.25) is 4.90 Å². The van der Waals surface area contributed by atoms with Gasteiger partial charge in [-0.15, -0.1) is 12.4 Å². The molecule has 1 unspecified atom stereocenters. The Balaban J connectivity index is 0.00000182. The lowest BCUT2D eigenvalue weighted by molar-refractivity contribution is 0.190. The second kappa shape index (κ2) is 7.15. The van der Waals surface area contributed by atoms with Crippen LogP contribution in [0, 0.1) is 13.8 Å². The molecule has 6 nitrogen and oxygen atoms in total. The van der Waals surface area contributed by atoms with E-state index in [2.05, 4.69) is 53.4 Å². The minimum absolute atomic E-state index is 0. The van der Waals surface area contributed by atoms with E-state index in [9.17, 15) is 0 Å². The molecule has 0 bridgehead atoms. The highest BCUT2D eigenvalue weighted by atomic mass is 35.5. The van der Waals surface area contributed by atoms with Crippen molar-refractivity contribution in [1.82, 2.24) is 20.4 Å². The monoisotopic (exact) mass is 362 g/mol. The Kier molecular flexibility index (Phi) is 5.13. The highest BCUT2D eigenvalue weighted by Crippen LogP contribution is 2.27. The zero-order valence-electron chi connectivity index (χ0n) is 14.7. The average molecular weight is 363 g/mol. The highest BCUT2D eigenvalue weighted by molar-refractivity contribution is 5.85. The Morgan fingerprint density at radius 3 is 2.88 bits per heavy atom. The van der Waals surface area contributed by atoms with Gasteiger partial charge in [-0.2, -0.15) is 4.98 Å². The SMILES string of the molecule is Cc1cc2occ(Cc3nc(C4CNCCN4C)no3)c2cc1C.Cl. The molecule has 2 aromatic heterocycles. The largest absolute Gasteiger partial charge is 0.464 e. The molecule has 1 aliphatic rings. The van der Waals surface area contributed by atoms with Crippen molar-refractivity contribution >= 4 is 23.4 Å². The third kappa shape index (κ3) is 3.42. The number of halogens is 1. The number of aromatic nitrogens is 2. The summed E-state index contributed by atoms with van der Waals surface area (Å²) in [5, 5.41) is 8.68. The third-order valence-electron chi connectivity index (χ3n) is 4.90. The van der Waals surface area contributed by atoms with Gasteiger partial charge < -0.3 is 14.3 Å². The standard InChI is InChI=1S/C18H22N4O2.ClH/c1-11-6-14-13(10-23-16(14)7-12(11)2)8-17-20-18(21-24-17)15-9-19-4-5-22(15)3;/h6-7,10,15,19H,4-5,8-9H2,1-3H3;1H. The minimum atomic E-state index is 0. The molecule has 1 atom stereocenters. The smallest absolute Gasteiger partial charge is 0.231 e. The lowest BCUT2D eigenvalue weighted by atomic mass is 10.0. The fraction of sp³-hybridized carbons (Fsp3) is 0.444. The molecule has 4 rings (SSSR count). The first-order chi connectivity index (χ1) is 11.6. The number of furan rings is 1. The van der Waals surface area contributed by atoms with Crippen LogP contribution >= 0.6 is 12.4 Å². The summed E-state index contributed by atoms with van der Waals surface area (Å²) in [5.41, 5.74) is 4.48. The lowest BCUT2D eigenvalue weighted by Gasteiger charge is -2.30. The van der Waals surface area contributed by atoms with Crippen molar-refractivity contribution in [1.29, 1.82) is 0 Å². The van der Waals surface area contributed by atoms with Gasteiger partial charge in [-0.1, -0.05) is 5.16 Å². The molecule has 134 valence electrons. The van der Waals surface area contributed by atoms with Crippen molar-refractivity contribution < 1.29 is 8.94 Å². The van der Waals surface area contributed by atoms with Gasteiger partial charge in [-0.05, 0) is 44.2 Å². The maximum atomic E-state index is 5.69. The van der Waals surface area contributed by atoms with Gasteiger partial charge in [0.05, 0.1) is 18.7 Å². The van der Waals surface area contributed by atoms with Crippen LogP contribution in [0.2, 0.25) is 0 Å². The number of hydrogen-bond donors (Lipinski definition) is 1. The molecule has 25 heavy (non-hydrogen) atoms. The van der Waals surface area contributed by atoms with E-state index in [1.807, 2.05) is 0 Å². The maximum absolute atomic E-state index is 5.69. The van der Waals surface area contributed by atoms with Crippen LogP contribution in [0.3, 0.4) is 0 Å². The van der Waals surface area contributed by atoms with E-state index in [-0.39, 0.29) is 18.4 Å². The highest BCUT2D eigenvalue weighted by Gasteiger charge is 2.25. The Bertz CT molecular complexity index is 873. The normalized spacial score (nSPS) is 18.4. The summed E-state index contributed by atoms with van der Waals surface area (Å²) >= 11 is 0. The summed E-state index contributed by atoms with van der Waals surface area (Å²) in [4.78, 5) is 6.86. The van der Waals surface area contributed by atoms with Crippen LogP contribution in [0.4, 0.5) is 0 Å². The number of piperazine rings is 1. The summed E-state index contributed by atoms with van der Waals surface area (Å²) in [6, 6.07) is 4.41. The Morgan fingerprint density at radius 2 is 2.08 bits per heavy atom. The summed E-state index contributed by atoms with van der Waals surface area (Å²) in [6.45, 7) is 7.04. The topological polar surface area (TPSA) is 67.3 Å². The molecule has 7 heteroatoms. The predicted molar refractivity (Wildman–Crippen MR) is 98.3 cm³/mol. The van der Waals surface area contributed by atoms with E-state index >= 15 is 0 Å². The van der Waals surface area contributed by atoms with Crippen LogP contribution in [0.15, 0.2) is 27.3 Å². The van der Waals surface area contributed by atoms with Crippen LogP contribution in [0.25, 0.3) is 11.0 Å². The van der Waals surface area contributed by atoms with Crippen LogP contribution in [0.5, 0.6) is 0 Å². The van der Waals surface area contributed by atoms with Crippen LogP contribution in [-0.2, 0) is 6.42 Å². The van der Waals surface area contributed by atoms with Gasteiger partial charge in [0.25, 0.3) is 0 Å². The van der Waals surface area contributed by atoms with Crippen molar-refractivity contribution in [2.24, 2.45) is 0 Å². The number of hydrogen-bond acceptors (Lipinski definition) is 6. The third-order valence-corrected chi connectivity index (χ3v) is 4.90. The van der Waals surface area contributed by atoms with E-state index in [0.717, 1.165) is 42.0 Å². The molecule has 1 aromatic carbocycles. The molecule has 1 fully saturated rings. The first-order valence-corrected chi connectivity index (χ1v) is 8.32. The van der Waals surface area contributed by atoms with Gasteiger partial charge in [0.15, 0.2) is 5.82 Å². The Hall–Kier alpha value is -1.89. The van der Waals surface area contributed by atoms with Crippen molar-refractivity contribution in [3.63, 3.8) is 0 Å².